The van der Waals surface area contributed by atoms with Crippen LogP contribution < -0.4 is 0 Å². The Hall–Kier alpha value is -1.79. The highest BCUT2D eigenvalue weighted by atomic mass is 16.3. The van der Waals surface area contributed by atoms with Crippen LogP contribution in [0.2, 0.25) is 0 Å². The lowest BCUT2D eigenvalue weighted by atomic mass is 9.84. The molecule has 0 saturated heterocycles. The highest BCUT2D eigenvalue weighted by Gasteiger charge is 2.38. The van der Waals surface area contributed by atoms with Gasteiger partial charge in [-0.15, -0.1) is 5.10 Å². The molecule has 3 rings (SSSR count). The van der Waals surface area contributed by atoms with Gasteiger partial charge in [-0.05, 0) is 72.8 Å². The van der Waals surface area contributed by atoms with E-state index in [1.54, 1.807) is 0 Å². The number of nitrogens with zero attached hydrogens (tertiary/aromatic N) is 3. The molecule has 1 aliphatic rings. The molecule has 6 heteroatoms. The number of unbranched alkanes of at least 4 members (excludes halogenated alkanes) is 3. The van der Waals surface area contributed by atoms with Gasteiger partial charge in [-0.3, -0.25) is 0 Å². The molecule has 1 fully saturated rings. The van der Waals surface area contributed by atoms with Crippen molar-refractivity contribution in [1.82, 2.24) is 20.6 Å². The van der Waals surface area contributed by atoms with Crippen LogP contribution in [0.4, 0.5) is 0 Å². The average Bonchev–Trinajstić information content (AvgIpc) is 3.35. The predicted octanol–water partition coefficient (Wildman–Crippen LogP) is 3.46. The lowest BCUT2D eigenvalue weighted by Crippen LogP contribution is -2.28. The Morgan fingerprint density at radius 1 is 1.00 bits per heavy atom. The number of hydrogen-bond acceptors (Lipinski definition) is 5. The van der Waals surface area contributed by atoms with Gasteiger partial charge in [0.15, 0.2) is 0 Å². The van der Waals surface area contributed by atoms with Gasteiger partial charge in [0.2, 0.25) is 0 Å². The SMILES string of the molecule is OC(CCCc1ccccc1)[C@@H]1CC[C@@H](O)[C@@H]1CCCCCCc1nnn[nH]1. The average molecular weight is 387 g/mol. The van der Waals surface area contributed by atoms with E-state index in [4.69, 9.17) is 0 Å². The van der Waals surface area contributed by atoms with Crippen molar-refractivity contribution < 1.29 is 10.2 Å². The third-order valence-electron chi connectivity index (χ3n) is 6.23. The van der Waals surface area contributed by atoms with Gasteiger partial charge >= 0.3 is 0 Å². The van der Waals surface area contributed by atoms with E-state index in [-0.39, 0.29) is 24.0 Å². The lowest BCUT2D eigenvalue weighted by molar-refractivity contribution is 0.0394. The standard InChI is InChI=1S/C22H34N4O2/c27-20(13-8-11-17-9-4-3-5-10-17)19-15-16-21(28)18(19)12-6-1-2-7-14-22-23-25-26-24-22/h3-5,9-10,18-21,27-28H,1-2,6-8,11-16H2,(H,23,24,25,26)/t18-,19-,20?,21-/m1/s1. The van der Waals surface area contributed by atoms with Crippen molar-refractivity contribution in [2.75, 3.05) is 0 Å². The molecule has 28 heavy (non-hydrogen) atoms. The number of benzene rings is 1. The first kappa shape index (κ1) is 20.9. The Morgan fingerprint density at radius 3 is 2.61 bits per heavy atom. The van der Waals surface area contributed by atoms with Crippen LogP contribution in [0.15, 0.2) is 30.3 Å². The van der Waals surface area contributed by atoms with Crippen LogP contribution in [0.5, 0.6) is 0 Å². The summed E-state index contributed by atoms with van der Waals surface area (Å²) in [4.78, 5) is 0. The smallest absolute Gasteiger partial charge is 0.148 e. The number of aromatic nitrogens is 4. The number of hydrogen-bond donors (Lipinski definition) is 3. The van der Waals surface area contributed by atoms with Gasteiger partial charge < -0.3 is 10.2 Å². The number of nitrogens with one attached hydrogen (secondary N) is 1. The molecular weight excluding hydrogens is 352 g/mol. The fraction of sp³-hybridized carbons (Fsp3) is 0.682. The van der Waals surface area contributed by atoms with E-state index in [1.807, 2.05) is 6.07 Å². The number of rotatable bonds is 12. The number of aryl methyl sites for hydroxylation is 2. The van der Waals surface area contributed by atoms with E-state index in [0.29, 0.717) is 0 Å². The van der Waals surface area contributed by atoms with Crippen LogP contribution in [0, 0.1) is 11.8 Å². The molecule has 0 amide bonds. The second-order valence-corrected chi connectivity index (χ2v) is 8.22. The van der Waals surface area contributed by atoms with E-state index >= 15 is 0 Å². The molecule has 0 bridgehead atoms. The van der Waals surface area contributed by atoms with Crippen molar-refractivity contribution in [2.45, 2.75) is 82.8 Å². The first-order chi connectivity index (χ1) is 13.7. The molecule has 0 spiro atoms. The van der Waals surface area contributed by atoms with Gasteiger partial charge in [0.05, 0.1) is 12.2 Å². The summed E-state index contributed by atoms with van der Waals surface area (Å²) in [5.41, 5.74) is 1.33. The topological polar surface area (TPSA) is 94.9 Å². The van der Waals surface area contributed by atoms with Crippen LogP contribution >= 0.6 is 0 Å². The summed E-state index contributed by atoms with van der Waals surface area (Å²) in [7, 11) is 0. The van der Waals surface area contributed by atoms with Crippen LogP contribution in [0.1, 0.15) is 69.2 Å². The summed E-state index contributed by atoms with van der Waals surface area (Å²) >= 11 is 0. The molecule has 6 nitrogen and oxygen atoms in total. The Bertz CT molecular complexity index is 650. The predicted molar refractivity (Wildman–Crippen MR) is 109 cm³/mol. The van der Waals surface area contributed by atoms with Crippen molar-refractivity contribution in [1.29, 1.82) is 0 Å². The molecule has 1 aromatic heterocycles. The summed E-state index contributed by atoms with van der Waals surface area (Å²) in [6, 6.07) is 10.5. The Labute approximate surface area is 167 Å². The van der Waals surface area contributed by atoms with Crippen molar-refractivity contribution in [3.05, 3.63) is 41.7 Å². The molecule has 4 atom stereocenters. The Balaban J connectivity index is 1.33. The van der Waals surface area contributed by atoms with Crippen molar-refractivity contribution >= 4 is 0 Å². The van der Waals surface area contributed by atoms with E-state index in [9.17, 15) is 10.2 Å². The molecule has 3 N–H and O–H groups in total. The minimum absolute atomic E-state index is 0.242. The molecule has 0 aliphatic heterocycles. The van der Waals surface area contributed by atoms with Gasteiger partial charge in [0.25, 0.3) is 0 Å². The first-order valence-corrected chi connectivity index (χ1v) is 10.9. The summed E-state index contributed by atoms with van der Waals surface area (Å²) in [6.45, 7) is 0. The lowest BCUT2D eigenvalue weighted by Gasteiger charge is -2.26. The highest BCUT2D eigenvalue weighted by Crippen LogP contribution is 2.39. The van der Waals surface area contributed by atoms with Gasteiger partial charge in [0.1, 0.15) is 5.82 Å². The maximum Gasteiger partial charge on any atom is 0.148 e. The van der Waals surface area contributed by atoms with Crippen molar-refractivity contribution in [3.8, 4) is 0 Å². The fourth-order valence-electron chi connectivity index (χ4n) is 4.65. The minimum Gasteiger partial charge on any atom is -0.393 e. The minimum atomic E-state index is -0.287. The van der Waals surface area contributed by atoms with Crippen LogP contribution in [-0.4, -0.2) is 43.0 Å². The molecule has 1 unspecified atom stereocenters. The monoisotopic (exact) mass is 386 g/mol. The number of aromatic amines is 1. The van der Waals surface area contributed by atoms with Crippen LogP contribution in [0.25, 0.3) is 0 Å². The third kappa shape index (κ3) is 6.38. The molecule has 2 aromatic rings. The van der Waals surface area contributed by atoms with Gasteiger partial charge in [-0.1, -0.05) is 49.6 Å². The normalized spacial score (nSPS) is 23.1. The zero-order valence-electron chi connectivity index (χ0n) is 16.7. The molecular formula is C22H34N4O2. The Morgan fingerprint density at radius 2 is 1.82 bits per heavy atom. The van der Waals surface area contributed by atoms with Gasteiger partial charge in [0, 0.05) is 6.42 Å². The molecule has 1 heterocycles. The number of aliphatic hydroxyl groups excluding tert-OH is 2. The quantitative estimate of drug-likeness (QED) is 0.486. The maximum atomic E-state index is 10.7. The zero-order valence-corrected chi connectivity index (χ0v) is 16.7. The van der Waals surface area contributed by atoms with Crippen molar-refractivity contribution in [2.24, 2.45) is 11.8 Å². The van der Waals surface area contributed by atoms with Crippen LogP contribution in [0.3, 0.4) is 0 Å². The highest BCUT2D eigenvalue weighted by molar-refractivity contribution is 5.14. The van der Waals surface area contributed by atoms with E-state index < -0.39 is 0 Å². The molecule has 1 saturated carbocycles. The Kier molecular flexibility index (Phi) is 8.42. The second-order valence-electron chi connectivity index (χ2n) is 8.22. The number of aliphatic hydroxyl groups is 2. The van der Waals surface area contributed by atoms with Gasteiger partial charge in [-0.2, -0.15) is 0 Å². The summed E-state index contributed by atoms with van der Waals surface area (Å²) < 4.78 is 0. The number of tetrazole rings is 1. The fourth-order valence-corrected chi connectivity index (χ4v) is 4.65. The van der Waals surface area contributed by atoms with Gasteiger partial charge in [-0.25, -0.2) is 5.10 Å². The molecule has 1 aromatic carbocycles. The first-order valence-electron chi connectivity index (χ1n) is 10.9. The maximum absolute atomic E-state index is 10.7. The summed E-state index contributed by atoms with van der Waals surface area (Å²) in [5, 5.41) is 35.0. The molecule has 154 valence electrons. The van der Waals surface area contributed by atoms with Crippen LogP contribution in [-0.2, 0) is 12.8 Å². The zero-order chi connectivity index (χ0) is 19.6. The summed E-state index contributed by atoms with van der Waals surface area (Å²) in [5.74, 6) is 1.36. The largest absolute Gasteiger partial charge is 0.393 e. The molecule has 0 radical (unpaired) electrons. The third-order valence-corrected chi connectivity index (χ3v) is 6.23. The van der Waals surface area contributed by atoms with E-state index in [0.717, 1.165) is 76.5 Å². The van der Waals surface area contributed by atoms with E-state index in [1.165, 1.54) is 5.56 Å². The summed E-state index contributed by atoms with van der Waals surface area (Å²) in [6.07, 6.45) is 10.5. The second kappa shape index (κ2) is 11.3. The van der Waals surface area contributed by atoms with Crippen molar-refractivity contribution in [3.63, 3.8) is 0 Å². The van der Waals surface area contributed by atoms with E-state index in [2.05, 4.69) is 44.9 Å². The molecule has 1 aliphatic carbocycles. The number of H-pyrrole nitrogens is 1.